The Labute approximate surface area is 128 Å². The molecule has 1 amide bonds. The second-order valence-corrected chi connectivity index (χ2v) is 5.87. The van der Waals surface area contributed by atoms with Crippen LogP contribution in [0.2, 0.25) is 0 Å². The van der Waals surface area contributed by atoms with Crippen molar-refractivity contribution in [3.63, 3.8) is 0 Å². The van der Waals surface area contributed by atoms with Crippen LogP contribution in [0, 0.1) is 5.41 Å². The third-order valence-corrected chi connectivity index (χ3v) is 3.71. The Hall–Kier alpha value is -1.58. The first-order valence-corrected chi connectivity index (χ1v) is 7.87. The van der Waals surface area contributed by atoms with E-state index in [0.29, 0.717) is 5.88 Å². The summed E-state index contributed by atoms with van der Waals surface area (Å²) < 4.78 is 4.99. The fourth-order valence-electron chi connectivity index (χ4n) is 2.42. The monoisotopic (exact) mass is 292 g/mol. The molecule has 0 aromatic carbocycles. The zero-order valence-electron chi connectivity index (χ0n) is 13.7. The van der Waals surface area contributed by atoms with E-state index in [9.17, 15) is 4.79 Å². The largest absolute Gasteiger partial charge is 0.481 e. The van der Waals surface area contributed by atoms with Crippen molar-refractivity contribution >= 4 is 11.6 Å². The molecule has 1 fully saturated rings. The van der Waals surface area contributed by atoms with E-state index < -0.39 is 0 Å². The van der Waals surface area contributed by atoms with Crippen LogP contribution < -0.4 is 10.1 Å². The Morgan fingerprint density at radius 1 is 1.29 bits per heavy atom. The van der Waals surface area contributed by atoms with Crippen LogP contribution in [-0.4, -0.2) is 18.0 Å². The lowest BCUT2D eigenvalue weighted by molar-refractivity contribution is -0.126. The number of amides is 1. The minimum Gasteiger partial charge on any atom is -0.481 e. The highest BCUT2D eigenvalue weighted by Gasteiger charge is 2.34. The summed E-state index contributed by atoms with van der Waals surface area (Å²) in [6, 6.07) is 3.56. The number of hydrogen-bond donors (Lipinski definition) is 1. The number of rotatable bonds is 3. The maximum absolute atomic E-state index is 12.3. The SMILES string of the molecule is CCC.COc1ccc(NC(=O)C2(C)CCCCC2)cn1. The third-order valence-electron chi connectivity index (χ3n) is 3.71. The molecule has 21 heavy (non-hydrogen) atoms. The molecule has 0 aliphatic heterocycles. The molecular weight excluding hydrogens is 264 g/mol. The topological polar surface area (TPSA) is 51.2 Å². The van der Waals surface area contributed by atoms with Crippen molar-refractivity contribution < 1.29 is 9.53 Å². The predicted octanol–water partition coefficient (Wildman–Crippen LogP) is 4.42. The van der Waals surface area contributed by atoms with Crippen LogP contribution in [0.4, 0.5) is 5.69 Å². The third kappa shape index (κ3) is 5.37. The first-order chi connectivity index (χ1) is 10.1. The second-order valence-electron chi connectivity index (χ2n) is 5.87. The van der Waals surface area contributed by atoms with E-state index in [4.69, 9.17) is 4.74 Å². The molecule has 0 bridgehead atoms. The Kier molecular flexibility index (Phi) is 7.20. The molecule has 1 heterocycles. The molecule has 1 aliphatic carbocycles. The van der Waals surface area contributed by atoms with Crippen molar-refractivity contribution in [3.05, 3.63) is 18.3 Å². The van der Waals surface area contributed by atoms with Gasteiger partial charge in [0.1, 0.15) is 0 Å². The maximum Gasteiger partial charge on any atom is 0.230 e. The Morgan fingerprint density at radius 3 is 2.38 bits per heavy atom. The number of hydrogen-bond acceptors (Lipinski definition) is 3. The average molecular weight is 292 g/mol. The fraction of sp³-hybridized carbons (Fsp3) is 0.647. The second kappa shape index (κ2) is 8.65. The van der Waals surface area contributed by atoms with Crippen LogP contribution in [0.25, 0.3) is 0 Å². The molecule has 0 radical (unpaired) electrons. The maximum atomic E-state index is 12.3. The zero-order valence-corrected chi connectivity index (χ0v) is 13.7. The summed E-state index contributed by atoms with van der Waals surface area (Å²) in [4.78, 5) is 16.4. The van der Waals surface area contributed by atoms with Crippen LogP contribution in [-0.2, 0) is 4.79 Å². The van der Waals surface area contributed by atoms with Gasteiger partial charge in [-0.2, -0.15) is 0 Å². The smallest absolute Gasteiger partial charge is 0.230 e. The van der Waals surface area contributed by atoms with E-state index in [2.05, 4.69) is 31.1 Å². The lowest BCUT2D eigenvalue weighted by Crippen LogP contribution is -2.35. The van der Waals surface area contributed by atoms with Gasteiger partial charge in [-0.3, -0.25) is 4.79 Å². The summed E-state index contributed by atoms with van der Waals surface area (Å²) >= 11 is 0. The van der Waals surface area contributed by atoms with E-state index in [1.807, 2.05) is 6.07 Å². The summed E-state index contributed by atoms with van der Waals surface area (Å²) in [6.07, 6.45) is 8.36. The van der Waals surface area contributed by atoms with Crippen molar-refractivity contribution in [3.8, 4) is 5.88 Å². The van der Waals surface area contributed by atoms with Gasteiger partial charge >= 0.3 is 0 Å². The molecule has 1 aromatic rings. The summed E-state index contributed by atoms with van der Waals surface area (Å²) in [5.74, 6) is 0.658. The zero-order chi connectivity index (χ0) is 15.7. The van der Waals surface area contributed by atoms with Crippen molar-refractivity contribution in [2.24, 2.45) is 5.41 Å². The van der Waals surface area contributed by atoms with Gasteiger partial charge in [0.05, 0.1) is 19.0 Å². The van der Waals surface area contributed by atoms with Gasteiger partial charge < -0.3 is 10.1 Å². The van der Waals surface area contributed by atoms with Crippen LogP contribution in [0.1, 0.15) is 59.3 Å². The predicted molar refractivity (Wildman–Crippen MR) is 86.6 cm³/mol. The molecular formula is C17H28N2O2. The number of methoxy groups -OCH3 is 1. The minimum absolute atomic E-state index is 0.106. The lowest BCUT2D eigenvalue weighted by Gasteiger charge is -2.31. The molecule has 2 rings (SSSR count). The van der Waals surface area contributed by atoms with Gasteiger partial charge in [0.15, 0.2) is 0 Å². The van der Waals surface area contributed by atoms with Gasteiger partial charge in [0, 0.05) is 11.5 Å². The molecule has 0 atom stereocenters. The van der Waals surface area contributed by atoms with Crippen molar-refractivity contribution in [1.82, 2.24) is 4.98 Å². The van der Waals surface area contributed by atoms with Crippen LogP contribution >= 0.6 is 0 Å². The number of carbonyl (C=O) groups excluding carboxylic acids is 1. The molecule has 118 valence electrons. The van der Waals surface area contributed by atoms with E-state index in [1.54, 1.807) is 19.4 Å². The molecule has 1 saturated carbocycles. The average Bonchev–Trinajstić information content (AvgIpc) is 2.49. The van der Waals surface area contributed by atoms with Crippen LogP contribution in [0.5, 0.6) is 5.88 Å². The Balaban J connectivity index is 0.000000677. The van der Waals surface area contributed by atoms with Gasteiger partial charge in [-0.15, -0.1) is 0 Å². The number of carbonyl (C=O) groups is 1. The molecule has 0 unspecified atom stereocenters. The highest BCUT2D eigenvalue weighted by atomic mass is 16.5. The number of nitrogens with zero attached hydrogens (tertiary/aromatic N) is 1. The molecule has 1 aromatic heterocycles. The first kappa shape index (κ1) is 17.5. The molecule has 1 aliphatic rings. The number of ether oxygens (including phenoxy) is 1. The van der Waals surface area contributed by atoms with E-state index >= 15 is 0 Å². The number of pyridine rings is 1. The van der Waals surface area contributed by atoms with E-state index in [0.717, 1.165) is 31.4 Å². The Bertz CT molecular complexity index is 423. The fourth-order valence-corrected chi connectivity index (χ4v) is 2.42. The van der Waals surface area contributed by atoms with E-state index in [1.165, 1.54) is 12.8 Å². The number of nitrogens with one attached hydrogen (secondary N) is 1. The quantitative estimate of drug-likeness (QED) is 0.897. The molecule has 4 heteroatoms. The highest BCUT2D eigenvalue weighted by Crippen LogP contribution is 2.36. The van der Waals surface area contributed by atoms with Gasteiger partial charge in [-0.1, -0.05) is 46.5 Å². The van der Waals surface area contributed by atoms with Crippen LogP contribution in [0.3, 0.4) is 0 Å². The summed E-state index contributed by atoms with van der Waals surface area (Å²) in [7, 11) is 1.57. The summed E-state index contributed by atoms with van der Waals surface area (Å²) in [5.41, 5.74) is 0.505. The van der Waals surface area contributed by atoms with Crippen molar-refractivity contribution in [2.75, 3.05) is 12.4 Å². The standard InChI is InChI=1S/C14H20N2O2.C3H8/c1-14(8-4-3-5-9-14)13(17)16-11-6-7-12(18-2)15-10-11;1-3-2/h6-7,10H,3-5,8-9H2,1-2H3,(H,16,17);3H2,1-2H3. The van der Waals surface area contributed by atoms with Crippen LogP contribution in [0.15, 0.2) is 18.3 Å². The van der Waals surface area contributed by atoms with Gasteiger partial charge in [-0.05, 0) is 18.9 Å². The van der Waals surface area contributed by atoms with E-state index in [-0.39, 0.29) is 11.3 Å². The summed E-state index contributed by atoms with van der Waals surface area (Å²) in [5, 5.41) is 2.95. The normalized spacial score (nSPS) is 16.4. The van der Waals surface area contributed by atoms with Gasteiger partial charge in [0.2, 0.25) is 11.8 Å². The number of aromatic nitrogens is 1. The first-order valence-electron chi connectivity index (χ1n) is 7.87. The minimum atomic E-state index is -0.224. The highest BCUT2D eigenvalue weighted by molar-refractivity contribution is 5.94. The van der Waals surface area contributed by atoms with Crippen molar-refractivity contribution in [2.45, 2.75) is 59.3 Å². The van der Waals surface area contributed by atoms with Crippen molar-refractivity contribution in [1.29, 1.82) is 0 Å². The molecule has 0 saturated heterocycles. The molecule has 1 N–H and O–H groups in total. The molecule has 0 spiro atoms. The molecule has 4 nitrogen and oxygen atoms in total. The number of anilines is 1. The Morgan fingerprint density at radius 2 is 1.90 bits per heavy atom. The van der Waals surface area contributed by atoms with Gasteiger partial charge in [0.25, 0.3) is 0 Å². The summed E-state index contributed by atoms with van der Waals surface area (Å²) in [6.45, 7) is 6.30. The van der Waals surface area contributed by atoms with Gasteiger partial charge in [-0.25, -0.2) is 4.98 Å². The lowest BCUT2D eigenvalue weighted by atomic mass is 9.75.